The molecule has 3 rings (SSSR count). The molecular weight excluding hydrogens is 232 g/mol. The molecule has 0 bridgehead atoms. The van der Waals surface area contributed by atoms with Crippen LogP contribution in [-0.4, -0.2) is 20.9 Å². The number of nitrogens with zero attached hydrogens (tertiary/aromatic N) is 3. The van der Waals surface area contributed by atoms with Crippen LogP contribution in [0.1, 0.15) is 25.7 Å². The molecule has 0 aromatic carbocycles. The third-order valence-electron chi connectivity index (χ3n) is 4.26. The lowest BCUT2D eigenvalue weighted by atomic mass is 10.0. The minimum Gasteiger partial charge on any atom is -0.363 e. The predicted molar refractivity (Wildman–Crippen MR) is 67.6 cm³/mol. The fourth-order valence-corrected chi connectivity index (χ4v) is 2.65. The van der Waals surface area contributed by atoms with Crippen LogP contribution in [0.4, 0.5) is 5.82 Å². The van der Waals surface area contributed by atoms with Gasteiger partial charge in [0.15, 0.2) is 0 Å². The molecule has 1 N–H and O–H groups in total. The molecule has 2 saturated carbocycles. The van der Waals surface area contributed by atoms with Gasteiger partial charge in [0, 0.05) is 20.6 Å². The summed E-state index contributed by atoms with van der Waals surface area (Å²) < 4.78 is 2.28. The summed E-state index contributed by atoms with van der Waals surface area (Å²) in [5.41, 5.74) is -0.333. The molecule has 0 atom stereocenters. The van der Waals surface area contributed by atoms with E-state index in [-0.39, 0.29) is 11.4 Å². The van der Waals surface area contributed by atoms with Crippen molar-refractivity contribution in [1.29, 1.82) is 0 Å². The van der Waals surface area contributed by atoms with Gasteiger partial charge in [-0.1, -0.05) is 0 Å². The Balaban J connectivity index is 1.81. The van der Waals surface area contributed by atoms with Gasteiger partial charge < -0.3 is 5.32 Å². The Morgan fingerprint density at radius 1 is 1.33 bits per heavy atom. The second kappa shape index (κ2) is 3.70. The van der Waals surface area contributed by atoms with E-state index in [4.69, 9.17) is 0 Å². The zero-order valence-corrected chi connectivity index (χ0v) is 10.8. The minimum absolute atomic E-state index is 0.284. The van der Waals surface area contributed by atoms with Gasteiger partial charge in [0.1, 0.15) is 0 Å². The van der Waals surface area contributed by atoms with Crippen LogP contribution in [0.5, 0.6) is 0 Å². The number of nitrogens with one attached hydrogen (secondary N) is 1. The van der Waals surface area contributed by atoms with E-state index in [1.165, 1.54) is 37.4 Å². The van der Waals surface area contributed by atoms with E-state index in [1.54, 1.807) is 7.05 Å². The Morgan fingerprint density at radius 2 is 2.00 bits per heavy atom. The zero-order chi connectivity index (χ0) is 12.9. The summed E-state index contributed by atoms with van der Waals surface area (Å²) in [5, 5.41) is 7.15. The molecule has 18 heavy (non-hydrogen) atoms. The van der Waals surface area contributed by atoms with Crippen molar-refractivity contribution >= 4 is 5.82 Å². The van der Waals surface area contributed by atoms with E-state index >= 15 is 0 Å². The van der Waals surface area contributed by atoms with Crippen molar-refractivity contribution in [3.63, 3.8) is 0 Å². The maximum Gasteiger partial charge on any atom is 0.346 e. The molecule has 0 saturated heterocycles. The molecule has 0 amide bonds. The van der Waals surface area contributed by atoms with Gasteiger partial charge in [0.25, 0.3) is 5.56 Å². The lowest BCUT2D eigenvalue weighted by Gasteiger charge is -2.15. The van der Waals surface area contributed by atoms with E-state index in [0.717, 1.165) is 17.0 Å². The van der Waals surface area contributed by atoms with Gasteiger partial charge in [-0.3, -0.25) is 9.36 Å². The Labute approximate surface area is 105 Å². The molecule has 1 aromatic rings. The van der Waals surface area contributed by atoms with Gasteiger partial charge >= 0.3 is 5.69 Å². The van der Waals surface area contributed by atoms with Crippen molar-refractivity contribution in [2.24, 2.45) is 25.4 Å². The van der Waals surface area contributed by atoms with Crippen LogP contribution in [0.15, 0.2) is 9.59 Å². The Hall–Kier alpha value is -1.59. The first-order valence-electron chi connectivity index (χ1n) is 6.42. The molecule has 1 aromatic heterocycles. The highest BCUT2D eigenvalue weighted by molar-refractivity contribution is 5.31. The van der Waals surface area contributed by atoms with Gasteiger partial charge in [0.05, 0.1) is 0 Å². The third kappa shape index (κ3) is 1.76. The van der Waals surface area contributed by atoms with Crippen molar-refractivity contribution in [2.45, 2.75) is 25.7 Å². The Bertz CT molecular complexity index is 593. The van der Waals surface area contributed by atoms with Gasteiger partial charge in [-0.25, -0.2) is 9.48 Å². The van der Waals surface area contributed by atoms with Crippen LogP contribution in [0.25, 0.3) is 0 Å². The van der Waals surface area contributed by atoms with Crippen molar-refractivity contribution in [2.75, 3.05) is 11.9 Å². The Kier molecular flexibility index (Phi) is 2.36. The quantitative estimate of drug-likeness (QED) is 0.821. The van der Waals surface area contributed by atoms with E-state index in [1.807, 2.05) is 0 Å². The van der Waals surface area contributed by atoms with Crippen molar-refractivity contribution < 1.29 is 0 Å². The lowest BCUT2D eigenvalue weighted by molar-refractivity contribution is 0.464. The predicted octanol–water partition coefficient (Wildman–Crippen LogP) is 0.0811. The first-order chi connectivity index (χ1) is 8.53. The number of aryl methyl sites for hydroxylation is 1. The molecule has 1 heterocycles. The van der Waals surface area contributed by atoms with E-state index in [2.05, 4.69) is 10.4 Å². The fraction of sp³-hybridized carbons (Fsp3) is 0.750. The molecule has 0 unspecified atom stereocenters. The topological polar surface area (TPSA) is 68.9 Å². The smallest absolute Gasteiger partial charge is 0.346 e. The first-order valence-corrected chi connectivity index (χ1v) is 6.42. The summed E-state index contributed by atoms with van der Waals surface area (Å²) in [6.07, 6.45) is 5.13. The maximum absolute atomic E-state index is 11.9. The number of anilines is 1. The van der Waals surface area contributed by atoms with Crippen molar-refractivity contribution in [3.05, 3.63) is 20.8 Å². The van der Waals surface area contributed by atoms with Crippen molar-refractivity contribution in [3.8, 4) is 0 Å². The molecule has 2 aliphatic rings. The standard InChI is InChI=1S/C12H18N4O2/c1-15-10(17)9(14-16(2)11(15)18)13-7-12(5-6-12)8-3-4-8/h8H,3-7H2,1-2H3,(H,13,14). The van der Waals surface area contributed by atoms with Gasteiger partial charge in [-0.2, -0.15) is 0 Å². The molecule has 6 nitrogen and oxygen atoms in total. The molecule has 0 aliphatic heterocycles. The SMILES string of the molecule is Cn1nc(NCC2(C3CC3)CC2)c(=O)n(C)c1=O. The van der Waals surface area contributed by atoms with Crippen LogP contribution in [0.3, 0.4) is 0 Å². The summed E-state index contributed by atoms with van der Waals surface area (Å²) in [5.74, 6) is 1.12. The Morgan fingerprint density at radius 3 is 2.56 bits per heavy atom. The third-order valence-corrected chi connectivity index (χ3v) is 4.26. The molecule has 2 fully saturated rings. The number of hydrogen-bond acceptors (Lipinski definition) is 4. The van der Waals surface area contributed by atoms with E-state index in [9.17, 15) is 9.59 Å². The summed E-state index contributed by atoms with van der Waals surface area (Å²) in [4.78, 5) is 23.4. The van der Waals surface area contributed by atoms with Crippen LogP contribution >= 0.6 is 0 Å². The first kappa shape index (κ1) is 11.5. The summed E-state index contributed by atoms with van der Waals surface area (Å²) in [6, 6.07) is 0. The fourth-order valence-electron chi connectivity index (χ4n) is 2.65. The average molecular weight is 250 g/mol. The molecule has 98 valence electrons. The van der Waals surface area contributed by atoms with Crippen molar-refractivity contribution in [1.82, 2.24) is 14.3 Å². The summed E-state index contributed by atoms with van der Waals surface area (Å²) >= 11 is 0. The average Bonchev–Trinajstić information content (AvgIpc) is 3.20. The lowest BCUT2D eigenvalue weighted by Crippen LogP contribution is -2.40. The van der Waals surface area contributed by atoms with Crippen LogP contribution < -0.4 is 16.6 Å². The number of aromatic nitrogens is 3. The highest BCUT2D eigenvalue weighted by atomic mass is 16.2. The van der Waals surface area contributed by atoms with E-state index < -0.39 is 5.69 Å². The zero-order valence-electron chi connectivity index (χ0n) is 10.8. The molecule has 0 spiro atoms. The highest BCUT2D eigenvalue weighted by Crippen LogP contribution is 2.61. The number of rotatable bonds is 4. The van der Waals surface area contributed by atoms with Crippen LogP contribution in [-0.2, 0) is 14.1 Å². The highest BCUT2D eigenvalue weighted by Gasteiger charge is 2.53. The van der Waals surface area contributed by atoms with Gasteiger partial charge in [-0.05, 0) is 37.0 Å². The summed E-state index contributed by atoms with van der Waals surface area (Å²) in [7, 11) is 3.03. The second-order valence-electron chi connectivity index (χ2n) is 5.61. The molecule has 2 aliphatic carbocycles. The number of hydrogen-bond donors (Lipinski definition) is 1. The maximum atomic E-state index is 11.9. The van der Waals surface area contributed by atoms with Gasteiger partial charge in [-0.15, -0.1) is 5.10 Å². The summed E-state index contributed by atoms with van der Waals surface area (Å²) in [6.45, 7) is 0.804. The molecular formula is C12H18N4O2. The van der Waals surface area contributed by atoms with E-state index in [0.29, 0.717) is 5.41 Å². The molecule has 6 heteroatoms. The monoisotopic (exact) mass is 250 g/mol. The van der Waals surface area contributed by atoms with Crippen LogP contribution in [0.2, 0.25) is 0 Å². The molecule has 0 radical (unpaired) electrons. The van der Waals surface area contributed by atoms with Gasteiger partial charge in [0.2, 0.25) is 5.82 Å². The minimum atomic E-state index is -0.395. The normalized spacial score (nSPS) is 20.8. The largest absolute Gasteiger partial charge is 0.363 e. The second-order valence-corrected chi connectivity index (χ2v) is 5.61. The van der Waals surface area contributed by atoms with Crippen LogP contribution in [0, 0.1) is 11.3 Å².